The Balaban J connectivity index is 2.03. The van der Waals surface area contributed by atoms with Crippen LogP contribution in [-0.2, 0) is 9.59 Å². The first-order valence-electron chi connectivity index (χ1n) is 5.98. The van der Waals surface area contributed by atoms with Gasteiger partial charge in [-0.15, -0.1) is 0 Å². The lowest BCUT2D eigenvalue weighted by atomic mass is 10.1. The zero-order valence-electron chi connectivity index (χ0n) is 10.5. The van der Waals surface area contributed by atoms with Crippen LogP contribution >= 0.6 is 0 Å². The normalized spacial score (nSPS) is 14.6. The van der Waals surface area contributed by atoms with Crippen molar-refractivity contribution < 1.29 is 24.2 Å². The van der Waals surface area contributed by atoms with Crippen LogP contribution in [0.25, 0.3) is 0 Å². The van der Waals surface area contributed by atoms with Gasteiger partial charge in [0.15, 0.2) is 11.5 Å². The van der Waals surface area contributed by atoms with Gasteiger partial charge in [0, 0.05) is 17.7 Å². The summed E-state index contributed by atoms with van der Waals surface area (Å²) in [5.74, 6) is -0.702. The van der Waals surface area contributed by atoms with E-state index in [1.54, 1.807) is 25.1 Å². The van der Waals surface area contributed by atoms with Gasteiger partial charge in [-0.3, -0.25) is 9.59 Å². The number of amides is 1. The molecule has 0 saturated heterocycles. The van der Waals surface area contributed by atoms with Gasteiger partial charge in [-0.2, -0.15) is 0 Å². The summed E-state index contributed by atoms with van der Waals surface area (Å²) in [6.45, 7) is 2.55. The van der Waals surface area contributed by atoms with Crippen molar-refractivity contribution in [3.8, 4) is 11.5 Å². The molecule has 19 heavy (non-hydrogen) atoms. The average molecular weight is 265 g/mol. The maximum atomic E-state index is 11.8. The Bertz CT molecular complexity index is 500. The maximum absolute atomic E-state index is 11.8. The largest absolute Gasteiger partial charge is 0.486 e. The number of fused-ring (bicyclic) bond motifs is 1. The van der Waals surface area contributed by atoms with E-state index in [1.165, 1.54) is 0 Å². The molecule has 2 N–H and O–H groups in total. The van der Waals surface area contributed by atoms with Crippen molar-refractivity contribution in [3.05, 3.63) is 18.2 Å². The molecule has 6 nitrogen and oxygen atoms in total. The minimum absolute atomic E-state index is 0.198. The van der Waals surface area contributed by atoms with Gasteiger partial charge >= 0.3 is 5.97 Å². The zero-order valence-corrected chi connectivity index (χ0v) is 10.5. The van der Waals surface area contributed by atoms with Crippen LogP contribution < -0.4 is 14.8 Å². The van der Waals surface area contributed by atoms with Crippen LogP contribution in [0.5, 0.6) is 11.5 Å². The molecule has 1 unspecified atom stereocenters. The van der Waals surface area contributed by atoms with E-state index in [1.807, 2.05) is 0 Å². The molecule has 0 aliphatic carbocycles. The first kappa shape index (κ1) is 13.2. The van der Waals surface area contributed by atoms with E-state index in [-0.39, 0.29) is 12.3 Å². The molecular weight excluding hydrogens is 250 g/mol. The van der Waals surface area contributed by atoms with E-state index in [4.69, 9.17) is 14.6 Å². The fourth-order valence-electron chi connectivity index (χ4n) is 1.74. The third-order valence-corrected chi connectivity index (χ3v) is 2.74. The molecule has 102 valence electrons. The number of benzene rings is 1. The Labute approximate surface area is 110 Å². The van der Waals surface area contributed by atoms with Crippen molar-refractivity contribution >= 4 is 17.6 Å². The lowest BCUT2D eigenvalue weighted by Gasteiger charge is -2.19. The molecule has 0 spiro atoms. The monoisotopic (exact) mass is 265 g/mol. The molecule has 1 heterocycles. The van der Waals surface area contributed by atoms with Crippen LogP contribution in [-0.4, -0.2) is 30.2 Å². The lowest BCUT2D eigenvalue weighted by molar-refractivity contribution is -0.139. The molecule has 1 amide bonds. The van der Waals surface area contributed by atoms with Crippen molar-refractivity contribution in [3.63, 3.8) is 0 Å². The number of rotatable bonds is 4. The number of carbonyl (C=O) groups excluding carboxylic acids is 1. The van der Waals surface area contributed by atoms with Crippen LogP contribution in [0.1, 0.15) is 13.3 Å². The number of anilines is 1. The van der Waals surface area contributed by atoms with Gasteiger partial charge in [0.05, 0.1) is 6.42 Å². The first-order chi connectivity index (χ1) is 9.06. The van der Waals surface area contributed by atoms with Gasteiger partial charge in [-0.25, -0.2) is 0 Å². The highest BCUT2D eigenvalue weighted by Crippen LogP contribution is 2.32. The molecule has 1 aliphatic heterocycles. The maximum Gasteiger partial charge on any atom is 0.304 e. The van der Waals surface area contributed by atoms with Crippen LogP contribution in [0, 0.1) is 5.92 Å². The smallest absolute Gasteiger partial charge is 0.304 e. The van der Waals surface area contributed by atoms with Crippen molar-refractivity contribution in [1.29, 1.82) is 0 Å². The number of nitrogens with one attached hydrogen (secondary N) is 1. The van der Waals surface area contributed by atoms with Crippen LogP contribution in [0.2, 0.25) is 0 Å². The summed E-state index contributed by atoms with van der Waals surface area (Å²) in [4.78, 5) is 22.3. The Morgan fingerprint density at radius 3 is 2.68 bits per heavy atom. The number of hydrogen-bond donors (Lipinski definition) is 2. The van der Waals surface area contributed by atoms with Gasteiger partial charge in [0.1, 0.15) is 13.2 Å². The molecule has 0 saturated carbocycles. The molecule has 0 bridgehead atoms. The summed E-state index contributed by atoms with van der Waals surface area (Å²) in [5.41, 5.74) is 0.562. The molecule has 0 radical (unpaired) electrons. The van der Waals surface area contributed by atoms with Crippen LogP contribution in [0.4, 0.5) is 5.69 Å². The number of aliphatic carboxylic acids is 1. The Morgan fingerprint density at radius 1 is 1.32 bits per heavy atom. The number of carboxylic acid groups (broad SMARTS) is 1. The van der Waals surface area contributed by atoms with Crippen molar-refractivity contribution in [2.75, 3.05) is 18.5 Å². The van der Waals surface area contributed by atoms with E-state index in [9.17, 15) is 9.59 Å². The molecule has 6 heteroatoms. The molecule has 2 rings (SSSR count). The molecular formula is C13H15NO5. The first-order valence-corrected chi connectivity index (χ1v) is 5.98. The van der Waals surface area contributed by atoms with Crippen LogP contribution in [0.3, 0.4) is 0 Å². The minimum atomic E-state index is -0.996. The summed E-state index contributed by atoms with van der Waals surface area (Å²) in [5, 5.41) is 11.3. The second kappa shape index (κ2) is 5.60. The average Bonchev–Trinajstić information content (AvgIpc) is 2.37. The second-order valence-corrected chi connectivity index (χ2v) is 4.35. The third-order valence-electron chi connectivity index (χ3n) is 2.74. The molecule has 1 aromatic carbocycles. The van der Waals surface area contributed by atoms with Crippen molar-refractivity contribution in [1.82, 2.24) is 0 Å². The van der Waals surface area contributed by atoms with E-state index < -0.39 is 11.9 Å². The highest BCUT2D eigenvalue weighted by atomic mass is 16.6. The fourth-order valence-corrected chi connectivity index (χ4v) is 1.74. The third kappa shape index (κ3) is 3.37. The number of carboxylic acids is 1. The summed E-state index contributed by atoms with van der Waals surface area (Å²) in [6, 6.07) is 5.07. The second-order valence-electron chi connectivity index (χ2n) is 4.35. The highest BCUT2D eigenvalue weighted by molar-refractivity contribution is 5.94. The SMILES string of the molecule is CC(CC(=O)O)C(=O)Nc1ccc2c(c1)OCCO2. The summed E-state index contributed by atoms with van der Waals surface area (Å²) in [7, 11) is 0. The Hall–Kier alpha value is -2.24. The van der Waals surface area contributed by atoms with Gasteiger partial charge in [0.2, 0.25) is 5.91 Å². The molecule has 1 atom stereocenters. The van der Waals surface area contributed by atoms with E-state index >= 15 is 0 Å². The predicted octanol–water partition coefficient (Wildman–Crippen LogP) is 1.51. The van der Waals surface area contributed by atoms with E-state index in [2.05, 4.69) is 5.32 Å². The molecule has 0 aromatic heterocycles. The Kier molecular flexibility index (Phi) is 3.89. The fraction of sp³-hybridized carbons (Fsp3) is 0.385. The summed E-state index contributed by atoms with van der Waals surface area (Å²) < 4.78 is 10.8. The van der Waals surface area contributed by atoms with Crippen molar-refractivity contribution in [2.45, 2.75) is 13.3 Å². The lowest BCUT2D eigenvalue weighted by Crippen LogP contribution is -2.23. The number of ether oxygens (including phenoxy) is 2. The summed E-state index contributed by atoms with van der Waals surface area (Å²) in [6.07, 6.45) is -0.198. The Morgan fingerprint density at radius 2 is 2.00 bits per heavy atom. The van der Waals surface area contributed by atoms with Gasteiger partial charge in [-0.05, 0) is 12.1 Å². The quantitative estimate of drug-likeness (QED) is 0.861. The number of hydrogen-bond acceptors (Lipinski definition) is 4. The van der Waals surface area contributed by atoms with E-state index in [0.29, 0.717) is 30.4 Å². The van der Waals surface area contributed by atoms with Gasteiger partial charge < -0.3 is 19.9 Å². The van der Waals surface area contributed by atoms with Gasteiger partial charge in [0.25, 0.3) is 0 Å². The highest BCUT2D eigenvalue weighted by Gasteiger charge is 2.18. The van der Waals surface area contributed by atoms with Crippen LogP contribution in [0.15, 0.2) is 18.2 Å². The predicted molar refractivity (Wildman–Crippen MR) is 67.5 cm³/mol. The topological polar surface area (TPSA) is 84.9 Å². The zero-order chi connectivity index (χ0) is 13.8. The standard InChI is InChI=1S/C13H15NO5/c1-8(6-12(15)16)13(17)14-9-2-3-10-11(7-9)19-5-4-18-10/h2-3,7-8H,4-6H2,1H3,(H,14,17)(H,15,16). The van der Waals surface area contributed by atoms with Crippen molar-refractivity contribution in [2.24, 2.45) is 5.92 Å². The molecule has 1 aliphatic rings. The van der Waals surface area contributed by atoms with Gasteiger partial charge in [-0.1, -0.05) is 6.92 Å². The van der Waals surface area contributed by atoms with E-state index in [0.717, 1.165) is 0 Å². The number of carbonyl (C=O) groups is 2. The minimum Gasteiger partial charge on any atom is -0.486 e. The molecule has 0 fully saturated rings. The molecule has 1 aromatic rings. The summed E-state index contributed by atoms with van der Waals surface area (Å²) >= 11 is 0.